The van der Waals surface area contributed by atoms with Crippen LogP contribution < -0.4 is 10.2 Å². The summed E-state index contributed by atoms with van der Waals surface area (Å²) in [5, 5.41) is 1.87. The molecule has 0 bridgehead atoms. The van der Waals surface area contributed by atoms with Crippen molar-refractivity contribution < 1.29 is 14.3 Å². The predicted molar refractivity (Wildman–Crippen MR) is 72.6 cm³/mol. The quantitative estimate of drug-likeness (QED) is 0.825. The van der Waals surface area contributed by atoms with E-state index in [2.05, 4.69) is 5.43 Å². The molecule has 0 aliphatic carbocycles. The van der Waals surface area contributed by atoms with Crippen LogP contribution in [0.1, 0.15) is 5.56 Å². The summed E-state index contributed by atoms with van der Waals surface area (Å²) in [6.07, 6.45) is 3.30. The Morgan fingerprint density at radius 3 is 2.63 bits per heavy atom. The SMILES string of the molecule is COc1ccc(C=CC(=O)NN2CCOCC2)cc1. The summed E-state index contributed by atoms with van der Waals surface area (Å²) < 4.78 is 10.3. The molecule has 0 unspecified atom stereocenters. The first-order valence-electron chi connectivity index (χ1n) is 6.23. The minimum absolute atomic E-state index is 0.127. The smallest absolute Gasteiger partial charge is 0.258 e. The van der Waals surface area contributed by atoms with Crippen molar-refractivity contribution >= 4 is 12.0 Å². The monoisotopic (exact) mass is 262 g/mol. The van der Waals surface area contributed by atoms with Gasteiger partial charge in [-0.1, -0.05) is 12.1 Å². The number of carbonyl (C=O) groups excluding carboxylic acids is 1. The lowest BCUT2D eigenvalue weighted by atomic mass is 10.2. The number of methoxy groups -OCH3 is 1. The first kappa shape index (κ1) is 13.6. The van der Waals surface area contributed by atoms with Gasteiger partial charge in [-0.15, -0.1) is 0 Å². The summed E-state index contributed by atoms with van der Waals surface area (Å²) in [6.45, 7) is 2.76. The highest BCUT2D eigenvalue weighted by molar-refractivity contribution is 5.91. The number of morpholine rings is 1. The Kier molecular flexibility index (Phi) is 4.94. The molecular weight excluding hydrogens is 244 g/mol. The molecule has 0 saturated carbocycles. The van der Waals surface area contributed by atoms with Crippen LogP contribution in [-0.2, 0) is 9.53 Å². The van der Waals surface area contributed by atoms with E-state index in [0.29, 0.717) is 13.2 Å². The Balaban J connectivity index is 1.84. The van der Waals surface area contributed by atoms with Crippen molar-refractivity contribution in [2.24, 2.45) is 0 Å². The number of hydrogen-bond acceptors (Lipinski definition) is 4. The van der Waals surface area contributed by atoms with Gasteiger partial charge >= 0.3 is 0 Å². The summed E-state index contributed by atoms with van der Waals surface area (Å²) in [5.41, 5.74) is 3.77. The third kappa shape index (κ3) is 4.39. The molecule has 5 heteroatoms. The molecule has 1 saturated heterocycles. The van der Waals surface area contributed by atoms with E-state index in [4.69, 9.17) is 9.47 Å². The van der Waals surface area contributed by atoms with Crippen molar-refractivity contribution in [1.29, 1.82) is 0 Å². The lowest BCUT2D eigenvalue weighted by molar-refractivity contribution is -0.123. The fraction of sp³-hybridized carbons (Fsp3) is 0.357. The normalized spacial score (nSPS) is 16.5. The number of nitrogens with zero attached hydrogens (tertiary/aromatic N) is 1. The van der Waals surface area contributed by atoms with Gasteiger partial charge in [0.2, 0.25) is 0 Å². The molecule has 19 heavy (non-hydrogen) atoms. The van der Waals surface area contributed by atoms with E-state index in [1.807, 2.05) is 29.3 Å². The first-order valence-corrected chi connectivity index (χ1v) is 6.23. The molecule has 1 fully saturated rings. The molecule has 1 aliphatic rings. The number of carbonyl (C=O) groups is 1. The lowest BCUT2D eigenvalue weighted by Gasteiger charge is -2.26. The molecule has 0 aromatic heterocycles. The van der Waals surface area contributed by atoms with Gasteiger partial charge in [0.05, 0.1) is 20.3 Å². The number of hydrogen-bond donors (Lipinski definition) is 1. The predicted octanol–water partition coefficient (Wildman–Crippen LogP) is 1.07. The number of nitrogens with one attached hydrogen (secondary N) is 1. The fourth-order valence-electron chi connectivity index (χ4n) is 1.76. The second-order valence-electron chi connectivity index (χ2n) is 4.18. The van der Waals surface area contributed by atoms with Crippen LogP contribution in [0.25, 0.3) is 6.08 Å². The zero-order valence-corrected chi connectivity index (χ0v) is 11.0. The van der Waals surface area contributed by atoms with Crippen LogP contribution in [-0.4, -0.2) is 44.3 Å². The number of ether oxygens (including phenoxy) is 2. The molecular formula is C14H18N2O3. The Morgan fingerprint density at radius 2 is 2.00 bits per heavy atom. The van der Waals surface area contributed by atoms with Gasteiger partial charge in [0.15, 0.2) is 0 Å². The maximum absolute atomic E-state index is 11.7. The Labute approximate surface area is 112 Å². The zero-order chi connectivity index (χ0) is 13.5. The summed E-state index contributed by atoms with van der Waals surface area (Å²) in [4.78, 5) is 11.7. The highest BCUT2D eigenvalue weighted by Gasteiger charge is 2.10. The number of benzene rings is 1. The van der Waals surface area contributed by atoms with Crippen molar-refractivity contribution in [3.8, 4) is 5.75 Å². The lowest BCUT2D eigenvalue weighted by Crippen LogP contribution is -2.47. The molecule has 0 spiro atoms. The number of rotatable bonds is 4. The molecule has 1 amide bonds. The molecule has 1 heterocycles. The van der Waals surface area contributed by atoms with E-state index in [1.54, 1.807) is 13.2 Å². The van der Waals surface area contributed by atoms with E-state index in [0.717, 1.165) is 24.4 Å². The molecule has 1 N–H and O–H groups in total. The highest BCUT2D eigenvalue weighted by atomic mass is 16.5. The van der Waals surface area contributed by atoms with Crippen molar-refractivity contribution in [2.45, 2.75) is 0 Å². The maximum atomic E-state index is 11.7. The van der Waals surface area contributed by atoms with Crippen LogP contribution in [0.3, 0.4) is 0 Å². The molecule has 0 atom stereocenters. The van der Waals surface area contributed by atoms with Gasteiger partial charge in [-0.05, 0) is 23.8 Å². The van der Waals surface area contributed by atoms with Gasteiger partial charge in [0.25, 0.3) is 5.91 Å². The van der Waals surface area contributed by atoms with Crippen molar-refractivity contribution in [3.63, 3.8) is 0 Å². The van der Waals surface area contributed by atoms with Crippen LogP contribution in [0, 0.1) is 0 Å². The van der Waals surface area contributed by atoms with Crippen LogP contribution in [0.15, 0.2) is 30.3 Å². The standard InChI is InChI=1S/C14H18N2O3/c1-18-13-5-2-12(3-6-13)4-7-14(17)15-16-8-10-19-11-9-16/h2-7H,8-11H2,1H3,(H,15,17). The van der Waals surface area contributed by atoms with Crippen LogP contribution >= 0.6 is 0 Å². The molecule has 5 nitrogen and oxygen atoms in total. The average Bonchev–Trinajstić information content (AvgIpc) is 2.47. The summed E-state index contributed by atoms with van der Waals surface area (Å²) in [5.74, 6) is 0.674. The zero-order valence-electron chi connectivity index (χ0n) is 11.0. The van der Waals surface area contributed by atoms with E-state index < -0.39 is 0 Å². The van der Waals surface area contributed by atoms with Gasteiger partial charge in [-0.2, -0.15) is 0 Å². The largest absolute Gasteiger partial charge is 0.497 e. The maximum Gasteiger partial charge on any atom is 0.258 e. The molecule has 1 aromatic carbocycles. The van der Waals surface area contributed by atoms with E-state index in [-0.39, 0.29) is 5.91 Å². The van der Waals surface area contributed by atoms with Crippen molar-refractivity contribution in [2.75, 3.05) is 33.4 Å². The molecule has 1 aromatic rings. The van der Waals surface area contributed by atoms with E-state index in [9.17, 15) is 4.79 Å². The van der Waals surface area contributed by atoms with E-state index >= 15 is 0 Å². The average molecular weight is 262 g/mol. The molecule has 102 valence electrons. The highest BCUT2D eigenvalue weighted by Crippen LogP contribution is 2.12. The van der Waals surface area contributed by atoms with Crippen molar-refractivity contribution in [3.05, 3.63) is 35.9 Å². The second kappa shape index (κ2) is 6.92. The van der Waals surface area contributed by atoms with E-state index in [1.165, 1.54) is 6.08 Å². The number of hydrazine groups is 1. The van der Waals surface area contributed by atoms with Gasteiger partial charge in [-0.25, -0.2) is 5.01 Å². The summed E-state index contributed by atoms with van der Waals surface area (Å²) in [6, 6.07) is 7.52. The molecule has 1 aliphatic heterocycles. The minimum Gasteiger partial charge on any atom is -0.497 e. The Bertz CT molecular complexity index is 437. The van der Waals surface area contributed by atoms with Crippen molar-refractivity contribution in [1.82, 2.24) is 10.4 Å². The van der Waals surface area contributed by atoms with Gasteiger partial charge in [0.1, 0.15) is 5.75 Å². The Hall–Kier alpha value is -1.85. The first-order chi connectivity index (χ1) is 9.28. The van der Waals surface area contributed by atoms with Gasteiger partial charge in [0, 0.05) is 19.2 Å². The fourth-order valence-corrected chi connectivity index (χ4v) is 1.76. The van der Waals surface area contributed by atoms with Crippen LogP contribution in [0.2, 0.25) is 0 Å². The second-order valence-corrected chi connectivity index (χ2v) is 4.18. The Morgan fingerprint density at radius 1 is 1.32 bits per heavy atom. The molecule has 2 rings (SSSR count). The minimum atomic E-state index is -0.127. The topological polar surface area (TPSA) is 50.8 Å². The van der Waals surface area contributed by atoms with Crippen LogP contribution in [0.5, 0.6) is 5.75 Å². The summed E-state index contributed by atoms with van der Waals surface area (Å²) in [7, 11) is 1.63. The third-order valence-electron chi connectivity index (χ3n) is 2.82. The molecule has 0 radical (unpaired) electrons. The third-order valence-corrected chi connectivity index (χ3v) is 2.82. The number of amides is 1. The van der Waals surface area contributed by atoms with Gasteiger partial charge in [-0.3, -0.25) is 10.2 Å². The van der Waals surface area contributed by atoms with Gasteiger partial charge < -0.3 is 9.47 Å². The van der Waals surface area contributed by atoms with Crippen LogP contribution in [0.4, 0.5) is 0 Å². The summed E-state index contributed by atoms with van der Waals surface area (Å²) >= 11 is 0.